The van der Waals surface area contributed by atoms with Crippen LogP contribution >= 0.6 is 12.6 Å². The third kappa shape index (κ3) is 1.48. The first-order valence-corrected chi connectivity index (χ1v) is 6.01. The van der Waals surface area contributed by atoms with Crippen LogP contribution in [0.2, 0.25) is 0 Å². The SMILES string of the molecule is Sc1oc2ccccc2c1C1CCCC1. The van der Waals surface area contributed by atoms with Gasteiger partial charge in [0.2, 0.25) is 0 Å². The van der Waals surface area contributed by atoms with E-state index in [9.17, 15) is 0 Å². The molecule has 1 aromatic heterocycles. The molecule has 2 aromatic rings. The van der Waals surface area contributed by atoms with Gasteiger partial charge in [0.15, 0.2) is 5.09 Å². The van der Waals surface area contributed by atoms with E-state index in [0.29, 0.717) is 5.92 Å². The number of furan rings is 1. The lowest BCUT2D eigenvalue weighted by Gasteiger charge is -2.07. The summed E-state index contributed by atoms with van der Waals surface area (Å²) in [7, 11) is 0. The van der Waals surface area contributed by atoms with Gasteiger partial charge in [0.25, 0.3) is 0 Å². The van der Waals surface area contributed by atoms with E-state index in [1.807, 2.05) is 12.1 Å². The van der Waals surface area contributed by atoms with Crippen molar-refractivity contribution >= 4 is 23.6 Å². The van der Waals surface area contributed by atoms with E-state index in [-0.39, 0.29) is 0 Å². The zero-order valence-electron chi connectivity index (χ0n) is 8.57. The van der Waals surface area contributed by atoms with Crippen LogP contribution in [0.4, 0.5) is 0 Å². The Hall–Kier alpha value is -0.890. The lowest BCUT2D eigenvalue weighted by atomic mass is 9.97. The summed E-state index contributed by atoms with van der Waals surface area (Å²) in [6.45, 7) is 0. The quantitative estimate of drug-likeness (QED) is 0.701. The number of rotatable bonds is 1. The van der Waals surface area contributed by atoms with Gasteiger partial charge in [0.1, 0.15) is 5.58 Å². The van der Waals surface area contributed by atoms with E-state index >= 15 is 0 Å². The Labute approximate surface area is 94.9 Å². The molecule has 0 amide bonds. The highest BCUT2D eigenvalue weighted by Gasteiger charge is 2.23. The molecule has 1 fully saturated rings. The molecule has 1 nitrogen and oxygen atoms in total. The summed E-state index contributed by atoms with van der Waals surface area (Å²) in [5.41, 5.74) is 2.32. The van der Waals surface area contributed by atoms with Crippen LogP contribution in [-0.2, 0) is 0 Å². The Morgan fingerprint density at radius 2 is 1.87 bits per heavy atom. The summed E-state index contributed by atoms with van der Waals surface area (Å²) >= 11 is 4.46. The smallest absolute Gasteiger partial charge is 0.162 e. The lowest BCUT2D eigenvalue weighted by molar-refractivity contribution is 0.498. The highest BCUT2D eigenvalue weighted by Crippen LogP contribution is 2.42. The molecule has 3 rings (SSSR count). The third-order valence-electron chi connectivity index (χ3n) is 3.38. The van der Waals surface area contributed by atoms with Crippen molar-refractivity contribution in [2.45, 2.75) is 36.7 Å². The second-order valence-corrected chi connectivity index (χ2v) is 4.70. The van der Waals surface area contributed by atoms with Crippen LogP contribution in [0.25, 0.3) is 11.0 Å². The van der Waals surface area contributed by atoms with Crippen molar-refractivity contribution < 1.29 is 4.42 Å². The molecule has 1 saturated carbocycles. The fraction of sp³-hybridized carbons (Fsp3) is 0.385. The Bertz CT molecular complexity index is 480. The number of benzene rings is 1. The Kier molecular flexibility index (Phi) is 2.24. The first-order valence-electron chi connectivity index (χ1n) is 5.56. The average molecular weight is 218 g/mol. The molecular formula is C13H14OS. The van der Waals surface area contributed by atoms with Crippen LogP contribution in [0, 0.1) is 0 Å². The maximum Gasteiger partial charge on any atom is 0.162 e. The van der Waals surface area contributed by atoms with Crippen molar-refractivity contribution in [2.24, 2.45) is 0 Å². The van der Waals surface area contributed by atoms with E-state index in [2.05, 4.69) is 24.8 Å². The third-order valence-corrected chi connectivity index (χ3v) is 3.71. The highest BCUT2D eigenvalue weighted by atomic mass is 32.1. The molecule has 1 aromatic carbocycles. The van der Waals surface area contributed by atoms with Gasteiger partial charge in [-0.2, -0.15) is 0 Å². The summed E-state index contributed by atoms with van der Waals surface area (Å²) in [5.74, 6) is 0.668. The second kappa shape index (κ2) is 3.60. The average Bonchev–Trinajstić information content (AvgIpc) is 2.82. The van der Waals surface area contributed by atoms with Gasteiger partial charge < -0.3 is 4.42 Å². The summed E-state index contributed by atoms with van der Waals surface area (Å²) in [6, 6.07) is 8.25. The fourth-order valence-electron chi connectivity index (χ4n) is 2.66. The van der Waals surface area contributed by atoms with E-state index in [0.717, 1.165) is 10.7 Å². The largest absolute Gasteiger partial charge is 0.450 e. The monoisotopic (exact) mass is 218 g/mol. The first-order chi connectivity index (χ1) is 7.36. The first kappa shape index (κ1) is 9.34. The minimum absolute atomic E-state index is 0.668. The molecule has 0 N–H and O–H groups in total. The van der Waals surface area contributed by atoms with Gasteiger partial charge in [-0.15, -0.1) is 12.6 Å². The fourth-order valence-corrected chi connectivity index (χ4v) is 3.06. The molecule has 0 unspecified atom stereocenters. The Morgan fingerprint density at radius 3 is 2.67 bits per heavy atom. The molecule has 1 aliphatic carbocycles. The molecule has 0 atom stereocenters. The summed E-state index contributed by atoms with van der Waals surface area (Å²) in [4.78, 5) is 0. The Morgan fingerprint density at radius 1 is 1.13 bits per heavy atom. The number of hydrogen-bond donors (Lipinski definition) is 1. The van der Waals surface area contributed by atoms with Crippen LogP contribution in [0.15, 0.2) is 33.8 Å². The van der Waals surface area contributed by atoms with Gasteiger partial charge in [-0.3, -0.25) is 0 Å². The van der Waals surface area contributed by atoms with E-state index in [1.165, 1.54) is 36.6 Å². The van der Waals surface area contributed by atoms with E-state index in [1.54, 1.807) is 0 Å². The van der Waals surface area contributed by atoms with Crippen molar-refractivity contribution in [3.05, 3.63) is 29.8 Å². The van der Waals surface area contributed by atoms with Crippen LogP contribution in [0.3, 0.4) is 0 Å². The van der Waals surface area contributed by atoms with Crippen molar-refractivity contribution in [3.63, 3.8) is 0 Å². The maximum absolute atomic E-state index is 5.68. The maximum atomic E-state index is 5.68. The minimum Gasteiger partial charge on any atom is -0.450 e. The molecule has 78 valence electrons. The van der Waals surface area contributed by atoms with Crippen LogP contribution < -0.4 is 0 Å². The summed E-state index contributed by atoms with van der Waals surface area (Å²) in [6.07, 6.45) is 5.27. The normalized spacial score (nSPS) is 17.7. The van der Waals surface area contributed by atoms with Gasteiger partial charge in [-0.1, -0.05) is 31.0 Å². The molecule has 0 radical (unpaired) electrons. The predicted octanol–water partition coefficient (Wildman–Crippen LogP) is 4.38. The standard InChI is InChI=1S/C13H14OS/c15-13-12(9-5-1-2-6-9)10-7-3-4-8-11(10)14-13/h3-4,7-9,15H,1-2,5-6H2. The van der Waals surface area contributed by atoms with Crippen molar-refractivity contribution in [2.75, 3.05) is 0 Å². The van der Waals surface area contributed by atoms with Crippen molar-refractivity contribution in [1.29, 1.82) is 0 Å². The van der Waals surface area contributed by atoms with Gasteiger partial charge in [0.05, 0.1) is 0 Å². The minimum atomic E-state index is 0.668. The zero-order chi connectivity index (χ0) is 10.3. The number of fused-ring (bicyclic) bond motifs is 1. The highest BCUT2D eigenvalue weighted by molar-refractivity contribution is 7.80. The van der Waals surface area contributed by atoms with Gasteiger partial charge in [0, 0.05) is 10.9 Å². The summed E-state index contributed by atoms with van der Waals surface area (Å²) in [5, 5.41) is 2.08. The van der Waals surface area contributed by atoms with Gasteiger partial charge in [-0.25, -0.2) is 0 Å². The topological polar surface area (TPSA) is 13.1 Å². The molecule has 0 aliphatic heterocycles. The van der Waals surface area contributed by atoms with E-state index in [4.69, 9.17) is 4.42 Å². The molecular weight excluding hydrogens is 204 g/mol. The van der Waals surface area contributed by atoms with Crippen LogP contribution in [-0.4, -0.2) is 0 Å². The van der Waals surface area contributed by atoms with Crippen molar-refractivity contribution in [1.82, 2.24) is 0 Å². The molecule has 0 bridgehead atoms. The molecule has 1 aliphatic rings. The second-order valence-electron chi connectivity index (χ2n) is 4.30. The van der Waals surface area contributed by atoms with Crippen molar-refractivity contribution in [3.8, 4) is 0 Å². The summed E-state index contributed by atoms with van der Waals surface area (Å²) < 4.78 is 5.68. The molecule has 1 heterocycles. The Balaban J connectivity index is 2.19. The van der Waals surface area contributed by atoms with Crippen LogP contribution in [0.5, 0.6) is 0 Å². The lowest BCUT2D eigenvalue weighted by Crippen LogP contribution is -1.91. The van der Waals surface area contributed by atoms with Crippen LogP contribution in [0.1, 0.15) is 37.2 Å². The molecule has 0 spiro atoms. The zero-order valence-corrected chi connectivity index (χ0v) is 9.47. The number of hydrogen-bond acceptors (Lipinski definition) is 2. The molecule has 0 saturated heterocycles. The number of thiol groups is 1. The van der Waals surface area contributed by atoms with Gasteiger partial charge >= 0.3 is 0 Å². The molecule has 2 heteroatoms. The van der Waals surface area contributed by atoms with E-state index < -0.39 is 0 Å². The molecule has 15 heavy (non-hydrogen) atoms. The predicted molar refractivity (Wildman–Crippen MR) is 64.7 cm³/mol. The van der Waals surface area contributed by atoms with Gasteiger partial charge in [-0.05, 0) is 24.8 Å². The number of para-hydroxylation sites is 1.